The lowest BCUT2D eigenvalue weighted by molar-refractivity contribution is -0.175. The van der Waals surface area contributed by atoms with Gasteiger partial charge in [-0.1, -0.05) is 13.8 Å². The molecule has 1 aliphatic carbocycles. The zero-order chi connectivity index (χ0) is 26.0. The molecule has 186 valence electrons. The van der Waals surface area contributed by atoms with Gasteiger partial charge < -0.3 is 14.4 Å². The third-order valence-electron chi connectivity index (χ3n) is 7.55. The summed E-state index contributed by atoms with van der Waals surface area (Å²) < 4.78 is 37.7. The minimum atomic E-state index is -1.35. The van der Waals surface area contributed by atoms with Crippen LogP contribution in [0.15, 0.2) is 30.5 Å². The van der Waals surface area contributed by atoms with E-state index >= 15 is 4.39 Å². The minimum Gasteiger partial charge on any atom is -0.479 e. The van der Waals surface area contributed by atoms with Crippen molar-refractivity contribution in [1.82, 2.24) is 14.8 Å². The van der Waals surface area contributed by atoms with E-state index in [0.717, 1.165) is 0 Å². The Kier molecular flexibility index (Phi) is 5.41. The van der Waals surface area contributed by atoms with Gasteiger partial charge in [-0.2, -0.15) is 10.4 Å². The number of aromatic nitrogens is 3. The molecule has 7 nitrogen and oxygen atoms in total. The second kappa shape index (κ2) is 8.14. The van der Waals surface area contributed by atoms with Crippen LogP contribution in [0.2, 0.25) is 0 Å². The quantitative estimate of drug-likeness (QED) is 0.363. The molecular weight excluding hydrogens is 466 g/mol. The Morgan fingerprint density at radius 3 is 2.69 bits per heavy atom. The molecule has 1 saturated carbocycles. The molecule has 2 aromatic carbocycles. The highest BCUT2D eigenvalue weighted by Gasteiger charge is 2.53. The molecular formula is C27H26F2N4O3. The normalized spacial score (nSPS) is 20.0. The number of rotatable bonds is 6. The highest BCUT2D eigenvalue weighted by molar-refractivity contribution is 6.00. The molecule has 2 N–H and O–H groups in total. The van der Waals surface area contributed by atoms with E-state index in [9.17, 15) is 19.6 Å². The average molecular weight is 493 g/mol. The third-order valence-corrected chi connectivity index (χ3v) is 7.55. The van der Waals surface area contributed by atoms with Crippen molar-refractivity contribution in [2.24, 2.45) is 0 Å². The molecule has 0 saturated heterocycles. The predicted octanol–water partition coefficient (Wildman–Crippen LogP) is 5.63. The Morgan fingerprint density at radius 1 is 1.36 bits per heavy atom. The van der Waals surface area contributed by atoms with E-state index in [4.69, 9.17) is 4.74 Å². The SMILES string of the molecule is COC1(C(=O)O)CC(c2c(C(C)(C)CC#N)n(-c3ccc(F)c(C)c3)c3cc4cn[nH]c4c(F)c23)C1. The number of methoxy groups -OCH3 is 1. The molecule has 0 radical (unpaired) electrons. The minimum absolute atomic E-state index is 0.138. The molecule has 4 aromatic rings. The van der Waals surface area contributed by atoms with E-state index in [1.165, 1.54) is 19.4 Å². The van der Waals surface area contributed by atoms with Crippen molar-refractivity contribution >= 4 is 27.8 Å². The van der Waals surface area contributed by atoms with Crippen LogP contribution in [0.5, 0.6) is 0 Å². The van der Waals surface area contributed by atoms with Crippen LogP contribution in [0, 0.1) is 29.9 Å². The van der Waals surface area contributed by atoms with Crippen molar-refractivity contribution in [1.29, 1.82) is 5.26 Å². The number of nitriles is 1. The lowest BCUT2D eigenvalue weighted by Crippen LogP contribution is -2.51. The van der Waals surface area contributed by atoms with Crippen LogP contribution in [0.3, 0.4) is 0 Å². The molecule has 0 atom stereocenters. The standard InChI is InChI=1S/C27H26F2N4O3/c1-14-9-17(5-6-18(14)28)33-19-10-15-13-31-32-23(15)22(29)21(19)20(24(33)26(2,3)7-8-30)16-11-27(12-16,36-4)25(34)35/h5-6,9-10,13,16H,7,11-12H2,1-4H3,(H,31,32)(H,34,35). The maximum absolute atomic E-state index is 16.2. The van der Waals surface area contributed by atoms with Crippen LogP contribution >= 0.6 is 0 Å². The number of carbonyl (C=O) groups is 1. The summed E-state index contributed by atoms with van der Waals surface area (Å²) in [5.41, 5.74) is 1.11. The number of aromatic amines is 1. The maximum Gasteiger partial charge on any atom is 0.335 e. The van der Waals surface area contributed by atoms with Crippen molar-refractivity contribution in [2.45, 2.75) is 57.0 Å². The van der Waals surface area contributed by atoms with Gasteiger partial charge in [0.15, 0.2) is 11.4 Å². The van der Waals surface area contributed by atoms with E-state index < -0.39 is 22.8 Å². The molecule has 0 unspecified atom stereocenters. The zero-order valence-corrected chi connectivity index (χ0v) is 20.4. The predicted molar refractivity (Wildman–Crippen MR) is 130 cm³/mol. The van der Waals surface area contributed by atoms with Gasteiger partial charge in [0.1, 0.15) is 11.3 Å². The summed E-state index contributed by atoms with van der Waals surface area (Å²) in [5, 5.41) is 27.1. The first-order valence-corrected chi connectivity index (χ1v) is 11.7. The van der Waals surface area contributed by atoms with Crippen molar-refractivity contribution in [3.63, 3.8) is 0 Å². The summed E-state index contributed by atoms with van der Waals surface area (Å²) >= 11 is 0. The smallest absolute Gasteiger partial charge is 0.335 e. The number of ether oxygens (including phenoxy) is 1. The summed E-state index contributed by atoms with van der Waals surface area (Å²) in [6.45, 7) is 5.48. The van der Waals surface area contributed by atoms with Gasteiger partial charge in [0.2, 0.25) is 0 Å². The fraction of sp³-hybridized carbons (Fsp3) is 0.370. The first kappa shape index (κ1) is 23.9. The van der Waals surface area contributed by atoms with Crippen LogP contribution in [0.4, 0.5) is 8.78 Å². The summed E-state index contributed by atoms with van der Waals surface area (Å²) in [4.78, 5) is 12.0. The van der Waals surface area contributed by atoms with Crippen LogP contribution in [-0.2, 0) is 14.9 Å². The van der Waals surface area contributed by atoms with Gasteiger partial charge in [0.25, 0.3) is 0 Å². The number of carboxylic acids is 1. The number of halogens is 2. The number of benzene rings is 2. The Balaban J connectivity index is 1.91. The molecule has 0 amide bonds. The fourth-order valence-electron chi connectivity index (χ4n) is 5.58. The second-order valence-corrected chi connectivity index (χ2v) is 10.3. The lowest BCUT2D eigenvalue weighted by atomic mass is 9.65. The highest BCUT2D eigenvalue weighted by Crippen LogP contribution is 2.54. The summed E-state index contributed by atoms with van der Waals surface area (Å²) in [6.07, 6.45) is 2.00. The van der Waals surface area contributed by atoms with Crippen LogP contribution in [-0.4, -0.2) is 38.6 Å². The molecule has 5 rings (SSSR count). The van der Waals surface area contributed by atoms with Crippen molar-refractivity contribution in [2.75, 3.05) is 7.11 Å². The summed E-state index contributed by atoms with van der Waals surface area (Å²) in [7, 11) is 1.37. The first-order chi connectivity index (χ1) is 17.0. The van der Waals surface area contributed by atoms with Gasteiger partial charge in [-0.05, 0) is 61.1 Å². The number of fused-ring (bicyclic) bond motifs is 2. The van der Waals surface area contributed by atoms with Gasteiger partial charge in [0, 0.05) is 41.1 Å². The zero-order valence-electron chi connectivity index (χ0n) is 20.4. The highest BCUT2D eigenvalue weighted by atomic mass is 19.1. The van der Waals surface area contributed by atoms with Crippen molar-refractivity contribution in [3.8, 4) is 11.8 Å². The van der Waals surface area contributed by atoms with Gasteiger partial charge in [-0.25, -0.2) is 13.6 Å². The number of aryl methyl sites for hydroxylation is 1. The van der Waals surface area contributed by atoms with E-state index in [2.05, 4.69) is 16.3 Å². The molecule has 0 bridgehead atoms. The third kappa shape index (κ3) is 3.32. The molecule has 1 fully saturated rings. The molecule has 9 heteroatoms. The number of nitrogens with one attached hydrogen (secondary N) is 1. The molecule has 2 heterocycles. The maximum atomic E-state index is 16.2. The monoisotopic (exact) mass is 492 g/mol. The largest absolute Gasteiger partial charge is 0.479 e. The van der Waals surface area contributed by atoms with E-state index in [1.807, 2.05) is 24.5 Å². The Bertz CT molecular complexity index is 1570. The van der Waals surface area contributed by atoms with E-state index in [1.54, 1.807) is 19.1 Å². The Hall–Kier alpha value is -3.77. The molecule has 0 aliphatic heterocycles. The molecule has 0 spiro atoms. The number of aliphatic carboxylic acids is 1. The first-order valence-electron chi connectivity index (χ1n) is 11.7. The van der Waals surface area contributed by atoms with Gasteiger partial charge >= 0.3 is 5.97 Å². The summed E-state index contributed by atoms with van der Waals surface area (Å²) in [6, 6.07) is 8.76. The average Bonchev–Trinajstić information content (AvgIpc) is 3.39. The Labute approximate surface area is 206 Å². The van der Waals surface area contributed by atoms with Crippen molar-refractivity contribution < 1.29 is 23.4 Å². The lowest BCUT2D eigenvalue weighted by Gasteiger charge is -2.44. The van der Waals surface area contributed by atoms with E-state index in [0.29, 0.717) is 38.8 Å². The fourth-order valence-corrected chi connectivity index (χ4v) is 5.58. The number of H-pyrrole nitrogens is 1. The van der Waals surface area contributed by atoms with Gasteiger partial charge in [0.05, 0.1) is 17.8 Å². The van der Waals surface area contributed by atoms with E-state index in [-0.39, 0.29) is 36.5 Å². The Morgan fingerprint density at radius 2 is 2.08 bits per heavy atom. The van der Waals surface area contributed by atoms with Crippen LogP contribution < -0.4 is 0 Å². The van der Waals surface area contributed by atoms with Crippen LogP contribution in [0.25, 0.3) is 27.5 Å². The van der Waals surface area contributed by atoms with Gasteiger partial charge in [-0.3, -0.25) is 5.10 Å². The topological polar surface area (TPSA) is 104 Å². The summed E-state index contributed by atoms with van der Waals surface area (Å²) in [5.74, 6) is -2.24. The van der Waals surface area contributed by atoms with Crippen molar-refractivity contribution in [3.05, 3.63) is 58.9 Å². The van der Waals surface area contributed by atoms with Crippen LogP contribution in [0.1, 0.15) is 55.8 Å². The number of nitrogens with zero attached hydrogens (tertiary/aromatic N) is 3. The molecule has 2 aromatic heterocycles. The number of carboxylic acid groups (broad SMARTS) is 1. The van der Waals surface area contributed by atoms with Gasteiger partial charge in [-0.15, -0.1) is 0 Å². The number of hydrogen-bond acceptors (Lipinski definition) is 4. The molecule has 1 aliphatic rings. The molecule has 36 heavy (non-hydrogen) atoms. The number of hydrogen-bond donors (Lipinski definition) is 2. The second-order valence-electron chi connectivity index (χ2n) is 10.3.